The number of benzene rings is 1. The molecule has 10 heteroatoms. The van der Waals surface area contributed by atoms with Crippen LogP contribution in [0.4, 0.5) is 11.6 Å². The van der Waals surface area contributed by atoms with E-state index in [0.29, 0.717) is 27.7 Å². The summed E-state index contributed by atoms with van der Waals surface area (Å²) < 4.78 is 5.43. The fraction of sp³-hybridized carbons (Fsp3) is 0.522. The smallest absolute Gasteiger partial charge is 0.227 e. The Morgan fingerprint density at radius 2 is 2.03 bits per heavy atom. The Hall–Kier alpha value is -2.13. The molecule has 1 aromatic heterocycles. The van der Waals surface area contributed by atoms with E-state index in [1.807, 2.05) is 12.1 Å². The molecule has 2 saturated heterocycles. The van der Waals surface area contributed by atoms with Crippen LogP contribution in [-0.2, 0) is 4.74 Å². The maximum Gasteiger partial charge on any atom is 0.227 e. The van der Waals surface area contributed by atoms with Gasteiger partial charge in [-0.1, -0.05) is 23.2 Å². The molecular formula is C23H29Cl2N7O. The molecule has 0 radical (unpaired) electrons. The van der Waals surface area contributed by atoms with E-state index in [9.17, 15) is 0 Å². The van der Waals surface area contributed by atoms with Crippen molar-refractivity contribution in [3.63, 3.8) is 0 Å². The zero-order valence-corrected chi connectivity index (χ0v) is 20.2. The minimum absolute atomic E-state index is 0.169. The van der Waals surface area contributed by atoms with Gasteiger partial charge in [0.1, 0.15) is 5.16 Å². The summed E-state index contributed by atoms with van der Waals surface area (Å²) in [6, 6.07) is 3.94. The molecule has 3 heterocycles. The maximum absolute atomic E-state index is 7.72. The second kappa shape index (κ2) is 9.25. The van der Waals surface area contributed by atoms with E-state index < -0.39 is 0 Å². The minimum atomic E-state index is 0.169. The monoisotopic (exact) mass is 489 g/mol. The van der Waals surface area contributed by atoms with Gasteiger partial charge in [-0.15, -0.1) is 0 Å². The summed E-state index contributed by atoms with van der Waals surface area (Å²) in [6.45, 7) is 8.46. The molecule has 0 amide bonds. The van der Waals surface area contributed by atoms with Gasteiger partial charge in [0.15, 0.2) is 0 Å². The number of aromatic nitrogens is 2. The van der Waals surface area contributed by atoms with Crippen molar-refractivity contribution in [1.82, 2.24) is 20.2 Å². The summed E-state index contributed by atoms with van der Waals surface area (Å²) in [5.74, 6) is 1.07. The first-order valence-electron chi connectivity index (χ1n) is 11.4. The SMILES string of the molecule is CC1(N2CCN(c3cc4nc(N/C(C=N)=C(\Cl)NCC5CC5)ncc4cc3Cl)CC2)COC1. The van der Waals surface area contributed by atoms with E-state index in [0.717, 1.165) is 62.5 Å². The van der Waals surface area contributed by atoms with Gasteiger partial charge < -0.3 is 25.7 Å². The third-order valence-corrected chi connectivity index (χ3v) is 7.37. The summed E-state index contributed by atoms with van der Waals surface area (Å²) in [5, 5.41) is 15.9. The van der Waals surface area contributed by atoms with Gasteiger partial charge >= 0.3 is 0 Å². The zero-order chi connectivity index (χ0) is 23.0. The van der Waals surface area contributed by atoms with E-state index in [2.05, 4.69) is 37.3 Å². The fourth-order valence-corrected chi connectivity index (χ4v) is 4.81. The van der Waals surface area contributed by atoms with Crippen molar-refractivity contribution in [1.29, 1.82) is 5.41 Å². The quantitative estimate of drug-likeness (QED) is 0.385. The van der Waals surface area contributed by atoms with Crippen molar-refractivity contribution in [2.75, 3.05) is 56.2 Å². The number of halogens is 2. The largest absolute Gasteiger partial charge is 0.377 e. The highest BCUT2D eigenvalue weighted by molar-refractivity contribution is 6.34. The Labute approximate surface area is 203 Å². The molecule has 5 rings (SSSR count). The maximum atomic E-state index is 7.72. The predicted molar refractivity (Wildman–Crippen MR) is 134 cm³/mol. The van der Waals surface area contributed by atoms with Crippen LogP contribution in [0.5, 0.6) is 0 Å². The molecule has 8 nitrogen and oxygen atoms in total. The van der Waals surface area contributed by atoms with Crippen LogP contribution in [0.3, 0.4) is 0 Å². The summed E-state index contributed by atoms with van der Waals surface area (Å²) >= 11 is 13.0. The van der Waals surface area contributed by atoms with Crippen LogP contribution < -0.4 is 15.5 Å². The van der Waals surface area contributed by atoms with Crippen molar-refractivity contribution >= 4 is 52.0 Å². The van der Waals surface area contributed by atoms with E-state index in [1.165, 1.54) is 19.1 Å². The van der Waals surface area contributed by atoms with Gasteiger partial charge in [-0.25, -0.2) is 9.97 Å². The Morgan fingerprint density at radius 3 is 2.67 bits per heavy atom. The molecular weight excluding hydrogens is 461 g/mol. The molecule has 3 aliphatic rings. The number of piperazine rings is 1. The van der Waals surface area contributed by atoms with E-state index in [1.54, 1.807) is 6.20 Å². The first kappa shape index (κ1) is 22.7. The van der Waals surface area contributed by atoms with Gasteiger partial charge in [-0.05, 0) is 37.8 Å². The van der Waals surface area contributed by atoms with Crippen LogP contribution in [0.25, 0.3) is 10.9 Å². The predicted octanol–water partition coefficient (Wildman–Crippen LogP) is 3.66. The molecule has 1 saturated carbocycles. The molecule has 3 fully saturated rings. The van der Waals surface area contributed by atoms with E-state index >= 15 is 0 Å². The summed E-state index contributed by atoms with van der Waals surface area (Å²) in [4.78, 5) is 13.9. The Bertz CT molecular complexity index is 1080. The van der Waals surface area contributed by atoms with Gasteiger partial charge in [0.05, 0.1) is 40.7 Å². The molecule has 1 aliphatic carbocycles. The van der Waals surface area contributed by atoms with Crippen LogP contribution in [0, 0.1) is 11.3 Å². The Balaban J connectivity index is 1.32. The molecule has 3 N–H and O–H groups in total. The first-order chi connectivity index (χ1) is 15.9. The highest BCUT2D eigenvalue weighted by Crippen LogP contribution is 2.33. The third-order valence-electron chi connectivity index (χ3n) is 6.73. The Morgan fingerprint density at radius 1 is 1.27 bits per heavy atom. The van der Waals surface area contributed by atoms with Crippen LogP contribution in [0.2, 0.25) is 5.02 Å². The van der Waals surface area contributed by atoms with E-state index in [4.69, 9.17) is 33.3 Å². The lowest BCUT2D eigenvalue weighted by atomic mass is 9.97. The molecule has 2 aliphatic heterocycles. The van der Waals surface area contributed by atoms with Crippen molar-refractivity contribution in [2.45, 2.75) is 25.3 Å². The van der Waals surface area contributed by atoms with Gasteiger partial charge in [0, 0.05) is 50.5 Å². The number of anilines is 2. The second-order valence-electron chi connectivity index (χ2n) is 9.34. The minimum Gasteiger partial charge on any atom is -0.377 e. The molecule has 1 aromatic carbocycles. The van der Waals surface area contributed by atoms with Crippen LogP contribution in [0.1, 0.15) is 19.8 Å². The number of ether oxygens (including phenoxy) is 1. The molecule has 2 aromatic rings. The van der Waals surface area contributed by atoms with Gasteiger partial charge in [-0.3, -0.25) is 4.90 Å². The molecule has 0 unspecified atom stereocenters. The number of fused-ring (bicyclic) bond motifs is 1. The number of allylic oxidation sites excluding steroid dienone is 1. The van der Waals surface area contributed by atoms with Crippen molar-refractivity contribution < 1.29 is 4.74 Å². The van der Waals surface area contributed by atoms with Crippen LogP contribution >= 0.6 is 23.2 Å². The average molecular weight is 490 g/mol. The Kier molecular flexibility index (Phi) is 6.35. The second-order valence-corrected chi connectivity index (χ2v) is 10.1. The van der Waals surface area contributed by atoms with Gasteiger partial charge in [0.25, 0.3) is 0 Å². The molecule has 33 heavy (non-hydrogen) atoms. The third kappa shape index (κ3) is 4.89. The van der Waals surface area contributed by atoms with Crippen molar-refractivity contribution in [3.05, 3.63) is 34.2 Å². The lowest BCUT2D eigenvalue weighted by molar-refractivity contribution is -0.131. The zero-order valence-electron chi connectivity index (χ0n) is 18.7. The molecule has 176 valence electrons. The summed E-state index contributed by atoms with van der Waals surface area (Å²) in [6.07, 6.45) is 5.37. The first-order valence-corrected chi connectivity index (χ1v) is 12.2. The molecule has 0 bridgehead atoms. The fourth-order valence-electron chi connectivity index (χ4n) is 4.34. The lowest BCUT2D eigenvalue weighted by Gasteiger charge is -2.50. The number of hydrogen-bond acceptors (Lipinski definition) is 8. The standard InChI is InChI=1S/C23H29Cl2N7O/c1-23(13-33-14-23)32-6-4-31(5-7-32)20-9-18-16(8-17(20)24)12-28-22(29-18)30-19(10-26)21(25)27-11-15-2-3-15/h8-10,12,15,26-27H,2-7,11,13-14H2,1H3,(H,28,29,30)/b21-19+,26-10?. The molecule has 0 spiro atoms. The van der Waals surface area contributed by atoms with Gasteiger partial charge in [0.2, 0.25) is 5.95 Å². The number of hydrogen-bond donors (Lipinski definition) is 3. The van der Waals surface area contributed by atoms with Gasteiger partial charge in [-0.2, -0.15) is 0 Å². The normalized spacial score (nSPS) is 21.4. The number of rotatable bonds is 8. The average Bonchev–Trinajstić information content (AvgIpc) is 3.64. The van der Waals surface area contributed by atoms with Crippen molar-refractivity contribution in [3.8, 4) is 0 Å². The number of nitrogens with zero attached hydrogens (tertiary/aromatic N) is 4. The van der Waals surface area contributed by atoms with Crippen molar-refractivity contribution in [2.24, 2.45) is 5.92 Å². The van der Waals surface area contributed by atoms with Crippen LogP contribution in [-0.4, -0.2) is 72.6 Å². The highest BCUT2D eigenvalue weighted by Gasteiger charge is 2.40. The summed E-state index contributed by atoms with van der Waals surface area (Å²) in [5.41, 5.74) is 2.38. The topological polar surface area (TPSA) is 89.4 Å². The van der Waals surface area contributed by atoms with Crippen LogP contribution in [0.15, 0.2) is 29.2 Å². The van der Waals surface area contributed by atoms with E-state index in [-0.39, 0.29) is 5.54 Å². The molecule has 0 atom stereocenters. The number of nitrogens with one attached hydrogen (secondary N) is 3. The summed E-state index contributed by atoms with van der Waals surface area (Å²) in [7, 11) is 0. The highest BCUT2D eigenvalue weighted by atomic mass is 35.5. The lowest BCUT2D eigenvalue weighted by Crippen LogP contribution is -2.64.